The molecule has 5 nitrogen and oxygen atoms in total. The standard InChI is InChI=1S/C18H18N2O3S/c1-11-4-5-12(2)17(8-11)24(22,23)20-16-10-15(19)7-6-14(16)9-13(3)18(20)21/h4-10H,19H2,1-3H3. The van der Waals surface area contributed by atoms with Crippen LogP contribution < -0.4 is 11.3 Å². The number of aryl methyl sites for hydroxylation is 3. The fourth-order valence-electron chi connectivity index (χ4n) is 2.75. The van der Waals surface area contributed by atoms with Gasteiger partial charge in [0.25, 0.3) is 15.6 Å². The third-order valence-electron chi connectivity index (χ3n) is 4.03. The van der Waals surface area contributed by atoms with E-state index in [1.807, 2.05) is 13.0 Å². The van der Waals surface area contributed by atoms with E-state index in [0.29, 0.717) is 22.2 Å². The molecule has 24 heavy (non-hydrogen) atoms. The molecule has 1 aromatic heterocycles. The molecule has 6 heteroatoms. The van der Waals surface area contributed by atoms with E-state index in [-0.39, 0.29) is 10.4 Å². The van der Waals surface area contributed by atoms with Gasteiger partial charge in [-0.1, -0.05) is 18.2 Å². The Balaban J connectivity index is 2.48. The quantitative estimate of drug-likeness (QED) is 0.726. The number of nitrogens with zero attached hydrogens (tertiary/aromatic N) is 1. The largest absolute Gasteiger partial charge is 0.399 e. The zero-order valence-corrected chi connectivity index (χ0v) is 14.5. The van der Waals surface area contributed by atoms with Crippen molar-refractivity contribution in [2.45, 2.75) is 25.7 Å². The molecular weight excluding hydrogens is 324 g/mol. The van der Waals surface area contributed by atoms with Crippen LogP contribution in [0.4, 0.5) is 5.69 Å². The Kier molecular flexibility index (Phi) is 3.72. The summed E-state index contributed by atoms with van der Waals surface area (Å²) in [7, 11) is -4.04. The van der Waals surface area contributed by atoms with Crippen LogP contribution >= 0.6 is 0 Å². The van der Waals surface area contributed by atoms with Crippen LogP contribution in [0, 0.1) is 20.8 Å². The average Bonchev–Trinajstić information content (AvgIpc) is 2.51. The number of rotatable bonds is 2. The summed E-state index contributed by atoms with van der Waals surface area (Å²) in [5, 5.41) is 0.648. The third-order valence-corrected chi connectivity index (χ3v) is 5.87. The van der Waals surface area contributed by atoms with Crippen LogP contribution in [0.15, 0.2) is 52.2 Å². The number of pyridine rings is 1. The molecule has 0 amide bonds. The zero-order chi connectivity index (χ0) is 17.6. The summed E-state index contributed by atoms with van der Waals surface area (Å²) in [6.45, 7) is 5.13. The normalized spacial score (nSPS) is 11.8. The van der Waals surface area contributed by atoms with Gasteiger partial charge in [0, 0.05) is 11.3 Å². The number of hydrogen-bond donors (Lipinski definition) is 1. The lowest BCUT2D eigenvalue weighted by Gasteiger charge is -2.15. The fraction of sp³-hybridized carbons (Fsp3) is 0.167. The highest BCUT2D eigenvalue weighted by molar-refractivity contribution is 7.90. The average molecular weight is 342 g/mol. The highest BCUT2D eigenvalue weighted by Gasteiger charge is 2.24. The maximum absolute atomic E-state index is 13.2. The van der Waals surface area contributed by atoms with Crippen LogP contribution in [0.3, 0.4) is 0 Å². The molecule has 2 N–H and O–H groups in total. The van der Waals surface area contributed by atoms with Crippen LogP contribution in [0.2, 0.25) is 0 Å². The number of nitrogens with two attached hydrogens (primary N) is 1. The van der Waals surface area contributed by atoms with Gasteiger partial charge in [-0.05, 0) is 61.5 Å². The molecule has 0 unspecified atom stereocenters. The summed E-state index contributed by atoms with van der Waals surface area (Å²) >= 11 is 0. The molecular formula is C18H18N2O3S. The topological polar surface area (TPSA) is 82.2 Å². The first-order valence-electron chi connectivity index (χ1n) is 7.46. The van der Waals surface area contributed by atoms with Gasteiger partial charge in [-0.3, -0.25) is 4.79 Å². The van der Waals surface area contributed by atoms with E-state index in [1.54, 1.807) is 44.2 Å². The van der Waals surface area contributed by atoms with Gasteiger partial charge in [0.05, 0.1) is 10.4 Å². The summed E-state index contributed by atoms with van der Waals surface area (Å²) in [6.07, 6.45) is 0. The molecule has 1 heterocycles. The van der Waals surface area contributed by atoms with Crippen molar-refractivity contribution in [3.05, 3.63) is 69.5 Å². The predicted molar refractivity (Wildman–Crippen MR) is 95.9 cm³/mol. The zero-order valence-electron chi connectivity index (χ0n) is 13.7. The molecule has 0 spiro atoms. The van der Waals surface area contributed by atoms with Crippen molar-refractivity contribution in [1.29, 1.82) is 0 Å². The van der Waals surface area contributed by atoms with Crippen molar-refractivity contribution >= 4 is 26.6 Å². The van der Waals surface area contributed by atoms with E-state index in [4.69, 9.17) is 5.73 Å². The van der Waals surface area contributed by atoms with Crippen molar-refractivity contribution < 1.29 is 8.42 Å². The lowest BCUT2D eigenvalue weighted by molar-refractivity contribution is 0.586. The molecule has 0 saturated heterocycles. The van der Waals surface area contributed by atoms with Gasteiger partial charge >= 0.3 is 0 Å². The van der Waals surface area contributed by atoms with Crippen molar-refractivity contribution in [3.8, 4) is 0 Å². The first-order chi connectivity index (χ1) is 11.2. The minimum atomic E-state index is -4.04. The second-order valence-electron chi connectivity index (χ2n) is 5.99. The van der Waals surface area contributed by atoms with E-state index in [1.165, 1.54) is 6.07 Å². The number of aromatic nitrogens is 1. The Morgan fingerprint density at radius 2 is 1.62 bits per heavy atom. The third kappa shape index (κ3) is 2.49. The lowest BCUT2D eigenvalue weighted by atomic mass is 10.1. The second kappa shape index (κ2) is 5.49. The number of fused-ring (bicyclic) bond motifs is 1. The molecule has 3 aromatic rings. The van der Waals surface area contributed by atoms with Gasteiger partial charge in [-0.25, -0.2) is 8.42 Å². The number of nitrogen functional groups attached to an aromatic ring is 1. The van der Waals surface area contributed by atoms with Crippen molar-refractivity contribution in [3.63, 3.8) is 0 Å². The highest BCUT2D eigenvalue weighted by atomic mass is 32.2. The Morgan fingerprint density at radius 1 is 0.917 bits per heavy atom. The van der Waals surface area contributed by atoms with Crippen molar-refractivity contribution in [1.82, 2.24) is 3.97 Å². The maximum atomic E-state index is 13.2. The predicted octanol–water partition coefficient (Wildman–Crippen LogP) is 2.75. The van der Waals surface area contributed by atoms with Gasteiger partial charge in [0.15, 0.2) is 0 Å². The van der Waals surface area contributed by atoms with Gasteiger partial charge in [-0.2, -0.15) is 3.97 Å². The summed E-state index contributed by atoms with van der Waals surface area (Å²) < 4.78 is 27.3. The molecule has 0 aliphatic heterocycles. The number of hydrogen-bond acceptors (Lipinski definition) is 4. The van der Waals surface area contributed by atoms with Crippen LogP contribution in [0.1, 0.15) is 16.7 Å². The summed E-state index contributed by atoms with van der Waals surface area (Å²) in [6, 6.07) is 11.7. The van der Waals surface area contributed by atoms with E-state index in [9.17, 15) is 13.2 Å². The monoisotopic (exact) mass is 342 g/mol. The van der Waals surface area contributed by atoms with Gasteiger partial charge in [0.2, 0.25) is 0 Å². The molecule has 0 fully saturated rings. The molecule has 3 rings (SSSR count). The molecule has 0 saturated carbocycles. The van der Waals surface area contributed by atoms with Crippen LogP contribution in [0.5, 0.6) is 0 Å². The summed E-state index contributed by atoms with van der Waals surface area (Å²) in [4.78, 5) is 12.8. The van der Waals surface area contributed by atoms with Gasteiger partial charge in [0.1, 0.15) is 0 Å². The fourth-order valence-corrected chi connectivity index (χ4v) is 4.53. The SMILES string of the molecule is Cc1ccc(C)c(S(=O)(=O)n2c(=O)c(C)cc3ccc(N)cc32)c1. The van der Waals surface area contributed by atoms with Crippen molar-refractivity contribution in [2.24, 2.45) is 0 Å². The molecule has 2 aromatic carbocycles. The van der Waals surface area contributed by atoms with Crippen LogP contribution in [-0.2, 0) is 10.0 Å². The number of anilines is 1. The van der Waals surface area contributed by atoms with Gasteiger partial charge < -0.3 is 5.73 Å². The molecule has 0 atom stereocenters. The highest BCUT2D eigenvalue weighted by Crippen LogP contribution is 2.24. The van der Waals surface area contributed by atoms with Gasteiger partial charge in [-0.15, -0.1) is 0 Å². The summed E-state index contributed by atoms with van der Waals surface area (Å²) in [5.41, 5.74) is 7.69. The maximum Gasteiger partial charge on any atom is 0.271 e. The summed E-state index contributed by atoms with van der Waals surface area (Å²) in [5.74, 6) is 0. The molecule has 124 valence electrons. The molecule has 0 aliphatic rings. The lowest BCUT2D eigenvalue weighted by Crippen LogP contribution is -2.29. The Morgan fingerprint density at radius 3 is 2.33 bits per heavy atom. The van der Waals surface area contributed by atoms with E-state index < -0.39 is 15.6 Å². The Labute approximate surface area is 140 Å². The number of benzene rings is 2. The molecule has 0 radical (unpaired) electrons. The van der Waals surface area contributed by atoms with E-state index >= 15 is 0 Å². The van der Waals surface area contributed by atoms with E-state index in [2.05, 4.69) is 0 Å². The van der Waals surface area contributed by atoms with E-state index in [0.717, 1.165) is 9.54 Å². The minimum absolute atomic E-state index is 0.124. The smallest absolute Gasteiger partial charge is 0.271 e. The second-order valence-corrected chi connectivity index (χ2v) is 7.74. The first-order valence-corrected chi connectivity index (χ1v) is 8.90. The Bertz CT molecular complexity index is 1130. The van der Waals surface area contributed by atoms with Crippen LogP contribution in [-0.4, -0.2) is 12.4 Å². The molecule has 0 aliphatic carbocycles. The first kappa shape index (κ1) is 16.3. The van der Waals surface area contributed by atoms with Crippen LogP contribution in [0.25, 0.3) is 10.9 Å². The molecule has 0 bridgehead atoms. The minimum Gasteiger partial charge on any atom is -0.399 e. The van der Waals surface area contributed by atoms with Crippen molar-refractivity contribution in [2.75, 3.05) is 5.73 Å². The Hall–Kier alpha value is -2.60.